The van der Waals surface area contributed by atoms with Crippen molar-refractivity contribution >= 4 is 5.91 Å². The van der Waals surface area contributed by atoms with Crippen LogP contribution in [0, 0.1) is 5.92 Å². The van der Waals surface area contributed by atoms with Crippen molar-refractivity contribution in [1.82, 2.24) is 14.5 Å². The third kappa shape index (κ3) is 2.90. The first-order chi connectivity index (χ1) is 10.7. The minimum absolute atomic E-state index is 0.0734. The Balaban J connectivity index is 1.84. The Hall–Kier alpha value is -2.14. The zero-order chi connectivity index (χ0) is 15.5. The van der Waals surface area contributed by atoms with Gasteiger partial charge < -0.3 is 15.2 Å². The first kappa shape index (κ1) is 14.8. The maximum atomic E-state index is 12.8. The van der Waals surface area contributed by atoms with Gasteiger partial charge in [-0.2, -0.15) is 0 Å². The molecule has 0 aliphatic carbocycles. The molecule has 1 aromatic heterocycles. The summed E-state index contributed by atoms with van der Waals surface area (Å²) in [4.78, 5) is 18.8. The van der Waals surface area contributed by atoms with E-state index in [1.807, 2.05) is 39.9 Å². The van der Waals surface area contributed by atoms with E-state index in [1.165, 1.54) is 0 Å². The van der Waals surface area contributed by atoms with Gasteiger partial charge in [0.25, 0.3) is 5.91 Å². The number of rotatable bonds is 3. The molecule has 1 saturated heterocycles. The molecule has 2 unspecified atom stereocenters. The molecule has 2 N–H and O–H groups in total. The molecular formula is C17H22N4O. The zero-order valence-electron chi connectivity index (χ0n) is 12.9. The van der Waals surface area contributed by atoms with Crippen LogP contribution in [0.3, 0.4) is 0 Å². The van der Waals surface area contributed by atoms with Gasteiger partial charge in [-0.3, -0.25) is 4.79 Å². The summed E-state index contributed by atoms with van der Waals surface area (Å²) in [7, 11) is 0. The van der Waals surface area contributed by atoms with Crippen LogP contribution in [0.4, 0.5) is 0 Å². The first-order valence-electron chi connectivity index (χ1n) is 7.78. The van der Waals surface area contributed by atoms with E-state index < -0.39 is 0 Å². The summed E-state index contributed by atoms with van der Waals surface area (Å²) >= 11 is 0. The summed E-state index contributed by atoms with van der Waals surface area (Å²) in [5, 5.41) is 0. The quantitative estimate of drug-likeness (QED) is 0.943. The maximum Gasteiger partial charge on any atom is 0.254 e. The molecule has 1 aliphatic rings. The monoisotopic (exact) mass is 298 g/mol. The third-order valence-corrected chi connectivity index (χ3v) is 4.41. The predicted octanol–water partition coefficient (Wildman–Crippen LogP) is 2.07. The van der Waals surface area contributed by atoms with Gasteiger partial charge in [0, 0.05) is 42.8 Å². The Morgan fingerprint density at radius 2 is 2.32 bits per heavy atom. The van der Waals surface area contributed by atoms with Gasteiger partial charge in [-0.25, -0.2) is 4.98 Å². The lowest BCUT2D eigenvalue weighted by atomic mass is 9.92. The molecule has 0 spiro atoms. The van der Waals surface area contributed by atoms with E-state index in [4.69, 9.17) is 5.73 Å². The molecule has 1 aromatic carbocycles. The van der Waals surface area contributed by atoms with Crippen molar-refractivity contribution in [1.29, 1.82) is 0 Å². The number of likely N-dealkylation sites (tertiary alicyclic amines) is 1. The Morgan fingerprint density at radius 3 is 3.05 bits per heavy atom. The summed E-state index contributed by atoms with van der Waals surface area (Å²) in [6.07, 6.45) is 7.36. The van der Waals surface area contributed by atoms with E-state index in [2.05, 4.69) is 11.9 Å². The van der Waals surface area contributed by atoms with Crippen LogP contribution in [0.15, 0.2) is 43.0 Å². The third-order valence-electron chi connectivity index (χ3n) is 4.41. The predicted molar refractivity (Wildman–Crippen MR) is 85.8 cm³/mol. The fourth-order valence-corrected chi connectivity index (χ4v) is 3.12. The van der Waals surface area contributed by atoms with E-state index in [9.17, 15) is 4.79 Å². The smallest absolute Gasteiger partial charge is 0.254 e. The molecule has 0 radical (unpaired) electrons. The minimum Gasteiger partial charge on any atom is -0.334 e. The molecule has 2 heterocycles. The van der Waals surface area contributed by atoms with Crippen LogP contribution in [0.1, 0.15) is 30.1 Å². The normalized spacial score (nSPS) is 21.8. The largest absolute Gasteiger partial charge is 0.334 e. The topological polar surface area (TPSA) is 64.2 Å². The molecular weight excluding hydrogens is 276 g/mol. The number of hydrogen-bond acceptors (Lipinski definition) is 3. The second-order valence-corrected chi connectivity index (χ2v) is 6.04. The fourth-order valence-electron chi connectivity index (χ4n) is 3.12. The van der Waals surface area contributed by atoms with E-state index in [0.29, 0.717) is 18.0 Å². The Kier molecular flexibility index (Phi) is 4.24. The van der Waals surface area contributed by atoms with Crippen LogP contribution in [0.5, 0.6) is 0 Å². The molecule has 5 nitrogen and oxygen atoms in total. The van der Waals surface area contributed by atoms with Crippen LogP contribution >= 0.6 is 0 Å². The Morgan fingerprint density at radius 1 is 1.45 bits per heavy atom. The number of carbonyl (C=O) groups is 1. The van der Waals surface area contributed by atoms with Crippen molar-refractivity contribution in [3.05, 3.63) is 48.5 Å². The number of nitrogens with two attached hydrogens (primary N) is 1. The summed E-state index contributed by atoms with van der Waals surface area (Å²) in [5.41, 5.74) is 7.52. The molecule has 5 heteroatoms. The molecule has 2 atom stereocenters. The van der Waals surface area contributed by atoms with Gasteiger partial charge in [0.2, 0.25) is 0 Å². The number of amides is 1. The lowest BCUT2D eigenvalue weighted by molar-refractivity contribution is 0.0573. The zero-order valence-corrected chi connectivity index (χ0v) is 12.9. The average molecular weight is 298 g/mol. The highest BCUT2D eigenvalue weighted by atomic mass is 16.2. The highest BCUT2D eigenvalue weighted by Crippen LogP contribution is 2.24. The summed E-state index contributed by atoms with van der Waals surface area (Å²) in [6, 6.07) is 7.81. The summed E-state index contributed by atoms with van der Waals surface area (Å²) < 4.78 is 1.90. The van der Waals surface area contributed by atoms with Crippen LogP contribution < -0.4 is 5.73 Å². The molecule has 116 valence electrons. The number of hydrogen-bond donors (Lipinski definition) is 1. The standard InChI is InChI=1S/C17H22N4O/c1-13-5-7-21(16(9-13)11-18)17(22)14-3-2-4-15(10-14)20-8-6-19-12-20/h2-4,6,8,10,12-13,16H,5,7,9,11,18H2,1H3. The number of imidazole rings is 1. The lowest BCUT2D eigenvalue weighted by Gasteiger charge is -2.38. The van der Waals surface area contributed by atoms with Crippen molar-refractivity contribution in [2.45, 2.75) is 25.8 Å². The van der Waals surface area contributed by atoms with Crippen LogP contribution in [-0.4, -0.2) is 39.5 Å². The minimum atomic E-state index is 0.0734. The van der Waals surface area contributed by atoms with Gasteiger partial charge in [-0.05, 0) is 37.0 Å². The number of piperidine rings is 1. The Bertz CT molecular complexity index is 638. The maximum absolute atomic E-state index is 12.8. The van der Waals surface area contributed by atoms with Crippen molar-refractivity contribution < 1.29 is 4.79 Å². The van der Waals surface area contributed by atoms with E-state index in [-0.39, 0.29) is 11.9 Å². The molecule has 1 amide bonds. The van der Waals surface area contributed by atoms with Gasteiger partial charge in [-0.1, -0.05) is 13.0 Å². The lowest BCUT2D eigenvalue weighted by Crippen LogP contribution is -2.49. The van der Waals surface area contributed by atoms with E-state index >= 15 is 0 Å². The van der Waals surface area contributed by atoms with Crippen molar-refractivity contribution in [2.24, 2.45) is 11.7 Å². The molecule has 1 aliphatic heterocycles. The second kappa shape index (κ2) is 6.32. The first-order valence-corrected chi connectivity index (χ1v) is 7.78. The van der Waals surface area contributed by atoms with E-state index in [1.54, 1.807) is 12.5 Å². The van der Waals surface area contributed by atoms with Gasteiger partial charge in [-0.15, -0.1) is 0 Å². The van der Waals surface area contributed by atoms with Crippen molar-refractivity contribution in [2.75, 3.05) is 13.1 Å². The van der Waals surface area contributed by atoms with Crippen LogP contribution in [0.2, 0.25) is 0 Å². The average Bonchev–Trinajstić information content (AvgIpc) is 3.08. The van der Waals surface area contributed by atoms with E-state index in [0.717, 1.165) is 25.1 Å². The Labute approximate surface area is 130 Å². The number of nitrogens with zero attached hydrogens (tertiary/aromatic N) is 3. The second-order valence-electron chi connectivity index (χ2n) is 6.04. The van der Waals surface area contributed by atoms with Crippen LogP contribution in [-0.2, 0) is 0 Å². The molecule has 0 bridgehead atoms. The molecule has 2 aromatic rings. The summed E-state index contributed by atoms with van der Waals surface area (Å²) in [6.45, 7) is 3.54. The molecule has 22 heavy (non-hydrogen) atoms. The number of carbonyl (C=O) groups excluding carboxylic acids is 1. The molecule has 1 fully saturated rings. The SMILES string of the molecule is CC1CCN(C(=O)c2cccc(-n3ccnc3)c2)C(CN)C1. The van der Waals surface area contributed by atoms with Gasteiger partial charge in [0.15, 0.2) is 0 Å². The van der Waals surface area contributed by atoms with Crippen molar-refractivity contribution in [3.63, 3.8) is 0 Å². The van der Waals surface area contributed by atoms with Gasteiger partial charge >= 0.3 is 0 Å². The molecule has 0 saturated carbocycles. The molecule has 3 rings (SSSR count). The van der Waals surface area contributed by atoms with Gasteiger partial charge in [0.05, 0.1) is 6.33 Å². The van der Waals surface area contributed by atoms with Crippen LogP contribution in [0.25, 0.3) is 5.69 Å². The van der Waals surface area contributed by atoms with Crippen molar-refractivity contribution in [3.8, 4) is 5.69 Å². The fraction of sp³-hybridized carbons (Fsp3) is 0.412. The highest BCUT2D eigenvalue weighted by Gasteiger charge is 2.29. The summed E-state index contributed by atoms with van der Waals surface area (Å²) in [5.74, 6) is 0.708. The highest BCUT2D eigenvalue weighted by molar-refractivity contribution is 5.95. The number of benzene rings is 1. The number of aromatic nitrogens is 2. The van der Waals surface area contributed by atoms with Gasteiger partial charge in [0.1, 0.15) is 0 Å².